The zero-order valence-corrected chi connectivity index (χ0v) is 17.0. The Bertz CT molecular complexity index is 506. The molecule has 0 atom stereocenters. The SMILES string of the molecule is CCCCN(C)C(=NCCNC(=O)c1ccc(O)cc1)NCC.I. The predicted molar refractivity (Wildman–Crippen MR) is 109 cm³/mol. The Morgan fingerprint density at radius 3 is 2.46 bits per heavy atom. The molecule has 24 heavy (non-hydrogen) atoms. The highest BCUT2D eigenvalue weighted by atomic mass is 127. The van der Waals surface area contributed by atoms with Crippen molar-refractivity contribution in [1.82, 2.24) is 15.5 Å². The van der Waals surface area contributed by atoms with Gasteiger partial charge in [-0.25, -0.2) is 0 Å². The summed E-state index contributed by atoms with van der Waals surface area (Å²) >= 11 is 0. The van der Waals surface area contributed by atoms with Crippen LogP contribution in [-0.4, -0.2) is 55.1 Å². The molecule has 1 rings (SSSR count). The Labute approximate surface area is 161 Å². The van der Waals surface area contributed by atoms with Gasteiger partial charge in [-0.3, -0.25) is 9.79 Å². The van der Waals surface area contributed by atoms with Gasteiger partial charge in [0.25, 0.3) is 5.91 Å². The van der Waals surface area contributed by atoms with Crippen LogP contribution in [0.2, 0.25) is 0 Å². The monoisotopic (exact) mass is 448 g/mol. The molecule has 6 nitrogen and oxygen atoms in total. The number of guanidine groups is 1. The summed E-state index contributed by atoms with van der Waals surface area (Å²) in [6.07, 6.45) is 2.27. The van der Waals surface area contributed by atoms with Gasteiger partial charge in [-0.05, 0) is 37.6 Å². The van der Waals surface area contributed by atoms with Crippen LogP contribution in [0.15, 0.2) is 29.3 Å². The average Bonchev–Trinajstić information content (AvgIpc) is 2.55. The second kappa shape index (κ2) is 12.9. The lowest BCUT2D eigenvalue weighted by Crippen LogP contribution is -2.40. The summed E-state index contributed by atoms with van der Waals surface area (Å²) in [5.74, 6) is 0.848. The Kier molecular flexibility index (Phi) is 12.0. The first-order chi connectivity index (χ1) is 11.1. The quantitative estimate of drug-likeness (QED) is 0.247. The number of phenolic OH excluding ortho intramolecular Hbond substituents is 1. The van der Waals surface area contributed by atoms with Gasteiger partial charge in [0.2, 0.25) is 0 Å². The lowest BCUT2D eigenvalue weighted by Gasteiger charge is -2.21. The maximum absolute atomic E-state index is 11.9. The van der Waals surface area contributed by atoms with Crippen molar-refractivity contribution in [2.24, 2.45) is 4.99 Å². The lowest BCUT2D eigenvalue weighted by molar-refractivity contribution is 0.0955. The van der Waals surface area contributed by atoms with Gasteiger partial charge in [-0.2, -0.15) is 0 Å². The first-order valence-corrected chi connectivity index (χ1v) is 8.15. The van der Waals surface area contributed by atoms with E-state index in [0.29, 0.717) is 18.7 Å². The van der Waals surface area contributed by atoms with Crippen molar-refractivity contribution < 1.29 is 9.90 Å². The molecule has 0 saturated heterocycles. The summed E-state index contributed by atoms with van der Waals surface area (Å²) in [6.45, 7) is 6.96. The third-order valence-electron chi connectivity index (χ3n) is 3.33. The second-order valence-corrected chi connectivity index (χ2v) is 5.31. The molecule has 7 heteroatoms. The van der Waals surface area contributed by atoms with Crippen LogP contribution in [0.5, 0.6) is 5.75 Å². The molecular formula is C17H29IN4O2. The van der Waals surface area contributed by atoms with Crippen LogP contribution < -0.4 is 10.6 Å². The first-order valence-electron chi connectivity index (χ1n) is 8.15. The molecule has 0 aromatic heterocycles. The third-order valence-corrected chi connectivity index (χ3v) is 3.33. The molecule has 0 spiro atoms. The van der Waals surface area contributed by atoms with E-state index in [-0.39, 0.29) is 35.6 Å². The van der Waals surface area contributed by atoms with Crippen LogP contribution in [0.3, 0.4) is 0 Å². The number of nitrogens with zero attached hydrogens (tertiary/aromatic N) is 2. The van der Waals surface area contributed by atoms with Crippen LogP contribution in [-0.2, 0) is 0 Å². The van der Waals surface area contributed by atoms with E-state index in [9.17, 15) is 9.90 Å². The summed E-state index contributed by atoms with van der Waals surface area (Å²) in [6, 6.07) is 6.19. The number of aliphatic imine (C=N–C) groups is 1. The number of amides is 1. The Balaban J connectivity index is 0.00000529. The van der Waals surface area contributed by atoms with Crippen molar-refractivity contribution in [2.45, 2.75) is 26.7 Å². The van der Waals surface area contributed by atoms with Crippen LogP contribution in [0.4, 0.5) is 0 Å². The Morgan fingerprint density at radius 1 is 1.21 bits per heavy atom. The molecule has 3 N–H and O–H groups in total. The minimum atomic E-state index is -0.162. The fourth-order valence-corrected chi connectivity index (χ4v) is 2.02. The van der Waals surface area contributed by atoms with E-state index in [0.717, 1.165) is 31.9 Å². The van der Waals surface area contributed by atoms with Gasteiger partial charge in [0.15, 0.2) is 5.96 Å². The topological polar surface area (TPSA) is 77.0 Å². The van der Waals surface area contributed by atoms with Crippen molar-refractivity contribution in [3.8, 4) is 5.75 Å². The first kappa shape index (κ1) is 22.5. The Morgan fingerprint density at radius 2 is 1.88 bits per heavy atom. The highest BCUT2D eigenvalue weighted by Crippen LogP contribution is 2.09. The van der Waals surface area contributed by atoms with Gasteiger partial charge >= 0.3 is 0 Å². The second-order valence-electron chi connectivity index (χ2n) is 5.31. The maximum Gasteiger partial charge on any atom is 0.251 e. The zero-order chi connectivity index (χ0) is 17.1. The molecule has 1 aromatic carbocycles. The van der Waals surface area contributed by atoms with Gasteiger partial charge in [-0.1, -0.05) is 13.3 Å². The summed E-state index contributed by atoms with van der Waals surface area (Å²) in [7, 11) is 2.02. The van der Waals surface area contributed by atoms with E-state index in [2.05, 4.69) is 27.4 Å². The lowest BCUT2D eigenvalue weighted by atomic mass is 10.2. The molecule has 0 heterocycles. The Hall–Kier alpha value is -1.51. The molecule has 0 fully saturated rings. The van der Waals surface area contributed by atoms with Crippen LogP contribution in [0.25, 0.3) is 0 Å². The molecule has 0 unspecified atom stereocenters. The number of hydrogen-bond acceptors (Lipinski definition) is 3. The summed E-state index contributed by atoms with van der Waals surface area (Å²) < 4.78 is 0. The number of nitrogens with one attached hydrogen (secondary N) is 2. The molecule has 0 radical (unpaired) electrons. The number of benzene rings is 1. The maximum atomic E-state index is 11.9. The van der Waals surface area contributed by atoms with E-state index in [1.807, 2.05) is 14.0 Å². The molecule has 136 valence electrons. The number of hydrogen-bond donors (Lipinski definition) is 3. The number of aromatic hydroxyl groups is 1. The molecule has 1 amide bonds. The molecule has 0 saturated carbocycles. The molecular weight excluding hydrogens is 419 g/mol. The van der Waals surface area contributed by atoms with E-state index in [1.165, 1.54) is 12.1 Å². The third kappa shape index (κ3) is 8.37. The molecule has 0 aliphatic rings. The summed E-state index contributed by atoms with van der Waals surface area (Å²) in [4.78, 5) is 18.6. The van der Waals surface area contributed by atoms with E-state index < -0.39 is 0 Å². The van der Waals surface area contributed by atoms with Crippen molar-refractivity contribution in [3.63, 3.8) is 0 Å². The van der Waals surface area contributed by atoms with Gasteiger partial charge in [0.05, 0.1) is 6.54 Å². The van der Waals surface area contributed by atoms with Crippen LogP contribution in [0.1, 0.15) is 37.0 Å². The van der Waals surface area contributed by atoms with Gasteiger partial charge in [-0.15, -0.1) is 24.0 Å². The summed E-state index contributed by atoms with van der Waals surface area (Å²) in [5.41, 5.74) is 0.527. The molecule has 1 aromatic rings. The van der Waals surface area contributed by atoms with Gasteiger partial charge in [0.1, 0.15) is 5.75 Å². The number of carbonyl (C=O) groups is 1. The minimum Gasteiger partial charge on any atom is -0.508 e. The number of unbranched alkanes of at least 4 members (excludes halogenated alkanes) is 1. The van der Waals surface area contributed by atoms with E-state index >= 15 is 0 Å². The predicted octanol–water partition coefficient (Wildman–Crippen LogP) is 2.44. The van der Waals surface area contributed by atoms with E-state index in [1.54, 1.807) is 12.1 Å². The fourth-order valence-electron chi connectivity index (χ4n) is 2.02. The van der Waals surface area contributed by atoms with Gasteiger partial charge < -0.3 is 20.6 Å². The largest absolute Gasteiger partial charge is 0.508 e. The zero-order valence-electron chi connectivity index (χ0n) is 14.7. The minimum absolute atomic E-state index is 0. The van der Waals surface area contributed by atoms with Crippen LogP contribution >= 0.6 is 24.0 Å². The highest BCUT2D eigenvalue weighted by Gasteiger charge is 2.06. The van der Waals surface area contributed by atoms with Crippen molar-refractivity contribution in [3.05, 3.63) is 29.8 Å². The standard InChI is InChI=1S/C17H28N4O2.HI/c1-4-6-13-21(3)17(18-5-2)20-12-11-19-16(23)14-7-9-15(22)10-8-14;/h7-10,22H,4-6,11-13H2,1-3H3,(H,18,20)(H,19,23);1H. The number of phenols is 1. The van der Waals surface area contributed by atoms with Crippen molar-refractivity contribution in [2.75, 3.05) is 33.2 Å². The van der Waals surface area contributed by atoms with Gasteiger partial charge in [0, 0.05) is 32.2 Å². The molecule has 0 bridgehead atoms. The molecule has 0 aliphatic carbocycles. The highest BCUT2D eigenvalue weighted by molar-refractivity contribution is 14.0. The smallest absolute Gasteiger partial charge is 0.251 e. The number of halogens is 1. The normalized spacial score (nSPS) is 10.7. The fraction of sp³-hybridized carbons (Fsp3) is 0.529. The average molecular weight is 448 g/mol. The van der Waals surface area contributed by atoms with Crippen molar-refractivity contribution in [1.29, 1.82) is 0 Å². The van der Waals surface area contributed by atoms with E-state index in [4.69, 9.17) is 0 Å². The van der Waals surface area contributed by atoms with Crippen molar-refractivity contribution >= 4 is 35.8 Å². The molecule has 0 aliphatic heterocycles. The van der Waals surface area contributed by atoms with Crippen LogP contribution in [0, 0.1) is 0 Å². The number of carbonyl (C=O) groups excluding carboxylic acids is 1. The number of rotatable bonds is 8. The summed E-state index contributed by atoms with van der Waals surface area (Å²) in [5, 5.41) is 15.3.